The van der Waals surface area contributed by atoms with Crippen LogP contribution < -0.4 is 4.90 Å². The van der Waals surface area contributed by atoms with Crippen LogP contribution in [0.4, 0.5) is 10.2 Å². The van der Waals surface area contributed by atoms with Crippen LogP contribution in [-0.4, -0.2) is 23.5 Å². The van der Waals surface area contributed by atoms with Crippen molar-refractivity contribution in [2.24, 2.45) is 0 Å². The lowest BCUT2D eigenvalue weighted by Crippen LogP contribution is -2.39. The van der Waals surface area contributed by atoms with E-state index in [1.807, 2.05) is 4.90 Å². The van der Waals surface area contributed by atoms with E-state index in [0.717, 1.165) is 12.8 Å². The Kier molecular flexibility index (Phi) is 5.25. The number of nitrogens with zero attached hydrogens (tertiary/aromatic N) is 2. The van der Waals surface area contributed by atoms with Crippen molar-refractivity contribution in [2.75, 3.05) is 17.3 Å². The third-order valence-corrected chi connectivity index (χ3v) is 4.00. The predicted octanol–water partition coefficient (Wildman–Crippen LogP) is 4.36. The summed E-state index contributed by atoms with van der Waals surface area (Å²) in [7, 11) is 0. The van der Waals surface area contributed by atoms with Crippen LogP contribution in [-0.2, 0) is 0 Å². The third-order valence-electron chi connectivity index (χ3n) is 3.40. The van der Waals surface area contributed by atoms with E-state index in [-0.39, 0.29) is 5.82 Å². The fourth-order valence-electron chi connectivity index (χ4n) is 2.56. The third kappa shape index (κ3) is 3.35. The molecule has 0 amide bonds. The lowest BCUT2D eigenvalue weighted by atomic mass is 9.94. The average Bonchev–Trinajstić information content (AvgIpc) is 2.38. The van der Waals surface area contributed by atoms with Crippen LogP contribution in [0.5, 0.6) is 0 Å². The largest absolute Gasteiger partial charge is 0.350 e. The minimum absolute atomic E-state index is 0.278. The molecule has 1 aromatic rings. The summed E-state index contributed by atoms with van der Waals surface area (Å²) in [6.07, 6.45) is 7.55. The van der Waals surface area contributed by atoms with E-state index in [2.05, 4.69) is 20.9 Å². The Morgan fingerprint density at radius 2 is 2.11 bits per heavy atom. The van der Waals surface area contributed by atoms with Gasteiger partial charge in [0.25, 0.3) is 0 Å². The van der Waals surface area contributed by atoms with Crippen LogP contribution in [0.1, 0.15) is 32.1 Å². The van der Waals surface area contributed by atoms with Gasteiger partial charge in [0.05, 0.1) is 0 Å². The van der Waals surface area contributed by atoms with Gasteiger partial charge in [-0.1, -0.05) is 19.3 Å². The normalized spacial score (nSPS) is 16.8. The average molecular weight is 336 g/mol. The van der Waals surface area contributed by atoms with Crippen molar-refractivity contribution < 1.29 is 4.39 Å². The Labute approximate surface area is 121 Å². The number of alkyl halides is 1. The highest BCUT2D eigenvalue weighted by molar-refractivity contribution is 9.10. The number of halogens is 3. The summed E-state index contributed by atoms with van der Waals surface area (Å²) in [5.74, 6) is 0.652. The second-order valence-electron chi connectivity index (χ2n) is 4.63. The van der Waals surface area contributed by atoms with Crippen LogP contribution >= 0.6 is 27.5 Å². The monoisotopic (exact) mass is 334 g/mol. The van der Waals surface area contributed by atoms with Crippen LogP contribution in [0, 0.1) is 5.82 Å². The Morgan fingerprint density at radius 3 is 2.72 bits per heavy atom. The van der Waals surface area contributed by atoms with Crippen LogP contribution in [0.3, 0.4) is 0 Å². The molecule has 0 aromatic carbocycles. The van der Waals surface area contributed by atoms with E-state index < -0.39 is 0 Å². The zero-order valence-electron chi connectivity index (χ0n) is 10.2. The molecule has 0 N–H and O–H groups in total. The van der Waals surface area contributed by atoms with Crippen molar-refractivity contribution in [3.05, 3.63) is 22.6 Å². The molecule has 18 heavy (non-hydrogen) atoms. The molecule has 5 heteroatoms. The van der Waals surface area contributed by atoms with Crippen LogP contribution in [0.2, 0.25) is 0 Å². The first-order valence-corrected chi connectivity index (χ1v) is 7.69. The maximum Gasteiger partial charge on any atom is 0.166 e. The van der Waals surface area contributed by atoms with Gasteiger partial charge in [-0.2, -0.15) is 0 Å². The van der Waals surface area contributed by atoms with Crippen molar-refractivity contribution in [1.29, 1.82) is 0 Å². The van der Waals surface area contributed by atoms with E-state index in [1.54, 1.807) is 6.20 Å². The molecular weight excluding hydrogens is 319 g/mol. The number of anilines is 1. The van der Waals surface area contributed by atoms with Crippen molar-refractivity contribution in [3.8, 4) is 0 Å². The molecule has 1 aromatic heterocycles. The molecule has 2 rings (SSSR count). The predicted molar refractivity (Wildman–Crippen MR) is 76.8 cm³/mol. The molecule has 0 saturated heterocycles. The topological polar surface area (TPSA) is 16.1 Å². The molecule has 0 unspecified atom stereocenters. The Hall–Kier alpha value is -0.350. The second kappa shape index (κ2) is 6.71. The molecule has 1 fully saturated rings. The lowest BCUT2D eigenvalue weighted by molar-refractivity contribution is 0.412. The summed E-state index contributed by atoms with van der Waals surface area (Å²) in [5, 5.41) is 0. The highest BCUT2D eigenvalue weighted by atomic mass is 79.9. The lowest BCUT2D eigenvalue weighted by Gasteiger charge is -2.35. The highest BCUT2D eigenvalue weighted by Gasteiger charge is 2.24. The Balaban J connectivity index is 2.22. The van der Waals surface area contributed by atoms with Crippen molar-refractivity contribution in [2.45, 2.75) is 38.1 Å². The Bertz CT molecular complexity index is 397. The van der Waals surface area contributed by atoms with Gasteiger partial charge in [0.2, 0.25) is 0 Å². The standard InChI is InChI=1S/C13H17BrClFN2/c14-10-8-12(16)13(17-9-10)18(7-6-15)11-4-2-1-3-5-11/h8-9,11H,1-7H2. The number of pyridine rings is 1. The Morgan fingerprint density at radius 1 is 1.39 bits per heavy atom. The molecule has 1 saturated carbocycles. The summed E-state index contributed by atoms with van der Waals surface area (Å²) in [5.41, 5.74) is 0. The van der Waals surface area contributed by atoms with Gasteiger partial charge in [0, 0.05) is 29.1 Å². The molecule has 0 aliphatic heterocycles. The molecule has 0 bridgehead atoms. The number of rotatable bonds is 4. The highest BCUT2D eigenvalue weighted by Crippen LogP contribution is 2.28. The molecule has 0 radical (unpaired) electrons. The zero-order chi connectivity index (χ0) is 13.0. The van der Waals surface area contributed by atoms with Crippen molar-refractivity contribution >= 4 is 33.3 Å². The first kappa shape index (κ1) is 14.1. The van der Waals surface area contributed by atoms with E-state index in [1.165, 1.54) is 25.3 Å². The van der Waals surface area contributed by atoms with E-state index in [0.29, 0.717) is 28.8 Å². The minimum Gasteiger partial charge on any atom is -0.350 e. The van der Waals surface area contributed by atoms with Gasteiger partial charge < -0.3 is 4.90 Å². The van der Waals surface area contributed by atoms with Gasteiger partial charge in [0.1, 0.15) is 0 Å². The summed E-state index contributed by atoms with van der Waals surface area (Å²) >= 11 is 9.08. The van der Waals surface area contributed by atoms with Crippen molar-refractivity contribution in [1.82, 2.24) is 4.98 Å². The van der Waals surface area contributed by atoms with E-state index in [4.69, 9.17) is 11.6 Å². The van der Waals surface area contributed by atoms with Crippen LogP contribution in [0.15, 0.2) is 16.7 Å². The molecular formula is C13H17BrClFN2. The van der Waals surface area contributed by atoms with Gasteiger partial charge in [-0.05, 0) is 34.8 Å². The first-order valence-electron chi connectivity index (χ1n) is 6.36. The van der Waals surface area contributed by atoms with Crippen LogP contribution in [0.25, 0.3) is 0 Å². The fraction of sp³-hybridized carbons (Fsp3) is 0.615. The first-order chi connectivity index (χ1) is 8.72. The fourth-order valence-corrected chi connectivity index (χ4v) is 3.05. The number of hydrogen-bond acceptors (Lipinski definition) is 2. The maximum absolute atomic E-state index is 14.0. The molecule has 0 atom stereocenters. The zero-order valence-corrected chi connectivity index (χ0v) is 12.6. The molecule has 2 nitrogen and oxygen atoms in total. The quantitative estimate of drug-likeness (QED) is 0.760. The summed E-state index contributed by atoms with van der Waals surface area (Å²) in [6, 6.07) is 1.84. The van der Waals surface area contributed by atoms with Gasteiger partial charge in [-0.15, -0.1) is 11.6 Å². The smallest absolute Gasteiger partial charge is 0.166 e. The van der Waals surface area contributed by atoms with Gasteiger partial charge in [-0.3, -0.25) is 0 Å². The number of hydrogen-bond donors (Lipinski definition) is 0. The van der Waals surface area contributed by atoms with Gasteiger partial charge >= 0.3 is 0 Å². The molecule has 1 aliphatic rings. The molecule has 1 aliphatic carbocycles. The summed E-state index contributed by atoms with van der Waals surface area (Å²) in [4.78, 5) is 6.25. The van der Waals surface area contributed by atoms with E-state index in [9.17, 15) is 4.39 Å². The SMILES string of the molecule is Fc1cc(Br)cnc1N(CCCl)C1CCCCC1. The van der Waals surface area contributed by atoms with Crippen molar-refractivity contribution in [3.63, 3.8) is 0 Å². The molecule has 0 spiro atoms. The van der Waals surface area contributed by atoms with Gasteiger partial charge in [0.15, 0.2) is 11.6 Å². The summed E-state index contributed by atoms with van der Waals surface area (Å²) in [6.45, 7) is 0.651. The van der Waals surface area contributed by atoms with E-state index >= 15 is 0 Å². The second-order valence-corrected chi connectivity index (χ2v) is 5.93. The minimum atomic E-state index is -0.278. The maximum atomic E-state index is 14.0. The molecule has 100 valence electrons. The molecule has 1 heterocycles. The number of aromatic nitrogens is 1. The summed E-state index contributed by atoms with van der Waals surface area (Å²) < 4.78 is 14.7. The van der Waals surface area contributed by atoms with Gasteiger partial charge in [-0.25, -0.2) is 9.37 Å².